The summed E-state index contributed by atoms with van der Waals surface area (Å²) in [5.74, 6) is -0.783. The lowest BCUT2D eigenvalue weighted by Crippen LogP contribution is -2.24. The molecule has 4 heteroatoms. The summed E-state index contributed by atoms with van der Waals surface area (Å²) in [4.78, 5) is 10.5. The van der Waals surface area contributed by atoms with Crippen LogP contribution < -0.4 is 0 Å². The SMILES string of the molecule is O=C(O)C1CCC(OI)CC1. The van der Waals surface area contributed by atoms with Crippen LogP contribution in [-0.4, -0.2) is 17.2 Å². The first-order valence-electron chi connectivity index (χ1n) is 3.74. The first kappa shape index (κ1) is 9.25. The average Bonchev–Trinajstić information content (AvgIpc) is 2.05. The highest BCUT2D eigenvalue weighted by atomic mass is 127. The number of carbonyl (C=O) groups is 1. The van der Waals surface area contributed by atoms with Gasteiger partial charge in [0.2, 0.25) is 0 Å². The van der Waals surface area contributed by atoms with Crippen LogP contribution >= 0.6 is 23.0 Å². The second-order valence-corrected chi connectivity index (χ2v) is 3.41. The standard InChI is InChI=1S/C7H11IO3/c8-11-6-3-1-5(2-4-6)7(9)10/h5-6H,1-4H2,(H,9,10). The maximum atomic E-state index is 10.5. The summed E-state index contributed by atoms with van der Waals surface area (Å²) in [6, 6.07) is 0. The molecule has 0 spiro atoms. The van der Waals surface area contributed by atoms with Crippen LogP contribution in [0.25, 0.3) is 0 Å². The van der Waals surface area contributed by atoms with Crippen molar-refractivity contribution in [2.24, 2.45) is 5.92 Å². The van der Waals surface area contributed by atoms with Crippen molar-refractivity contribution in [3.8, 4) is 0 Å². The minimum Gasteiger partial charge on any atom is -0.481 e. The first-order valence-corrected chi connectivity index (χ1v) is 4.62. The van der Waals surface area contributed by atoms with E-state index in [1.165, 1.54) is 0 Å². The molecule has 0 unspecified atom stereocenters. The summed E-state index contributed by atoms with van der Waals surface area (Å²) >= 11 is 1.88. The molecule has 0 aromatic carbocycles. The number of aliphatic carboxylic acids is 1. The molecule has 1 N–H and O–H groups in total. The molecule has 0 saturated heterocycles. The lowest BCUT2D eigenvalue weighted by atomic mass is 9.88. The zero-order chi connectivity index (χ0) is 8.27. The van der Waals surface area contributed by atoms with Gasteiger partial charge in [-0.3, -0.25) is 4.79 Å². The average molecular weight is 270 g/mol. The van der Waals surface area contributed by atoms with Crippen LogP contribution in [0.15, 0.2) is 0 Å². The number of rotatable bonds is 2. The van der Waals surface area contributed by atoms with Gasteiger partial charge in [0.15, 0.2) is 0 Å². The highest BCUT2D eigenvalue weighted by Crippen LogP contribution is 2.27. The number of carboxylic acid groups (broad SMARTS) is 1. The maximum absolute atomic E-state index is 10.5. The molecule has 0 atom stereocenters. The molecule has 3 nitrogen and oxygen atoms in total. The Morgan fingerprint density at radius 3 is 2.27 bits per heavy atom. The van der Waals surface area contributed by atoms with Crippen LogP contribution in [0.3, 0.4) is 0 Å². The second-order valence-electron chi connectivity index (χ2n) is 2.90. The van der Waals surface area contributed by atoms with Gasteiger partial charge in [-0.25, -0.2) is 0 Å². The molecular weight excluding hydrogens is 259 g/mol. The molecule has 64 valence electrons. The summed E-state index contributed by atoms with van der Waals surface area (Å²) in [5.41, 5.74) is 0. The van der Waals surface area contributed by atoms with Gasteiger partial charge in [0, 0.05) is 0 Å². The topological polar surface area (TPSA) is 46.5 Å². The van der Waals surface area contributed by atoms with E-state index in [1.54, 1.807) is 0 Å². The van der Waals surface area contributed by atoms with Gasteiger partial charge in [-0.15, -0.1) is 0 Å². The van der Waals surface area contributed by atoms with Crippen LogP contribution in [-0.2, 0) is 7.86 Å². The van der Waals surface area contributed by atoms with Crippen molar-refractivity contribution in [2.75, 3.05) is 0 Å². The second kappa shape index (κ2) is 4.25. The van der Waals surface area contributed by atoms with E-state index in [4.69, 9.17) is 8.17 Å². The smallest absolute Gasteiger partial charge is 0.306 e. The Morgan fingerprint density at radius 1 is 1.36 bits per heavy atom. The number of carboxylic acids is 1. The molecule has 1 rings (SSSR count). The maximum Gasteiger partial charge on any atom is 0.306 e. The lowest BCUT2D eigenvalue weighted by molar-refractivity contribution is -0.143. The van der Waals surface area contributed by atoms with Crippen molar-refractivity contribution in [1.29, 1.82) is 0 Å². The predicted octanol–water partition coefficient (Wildman–Crippen LogP) is 2.00. The summed E-state index contributed by atoms with van der Waals surface area (Å²) < 4.78 is 5.10. The largest absolute Gasteiger partial charge is 0.481 e. The molecule has 0 bridgehead atoms. The molecule has 0 heterocycles. The van der Waals surface area contributed by atoms with E-state index >= 15 is 0 Å². The van der Waals surface area contributed by atoms with Gasteiger partial charge in [-0.1, -0.05) is 0 Å². The van der Waals surface area contributed by atoms with Crippen LogP contribution in [0.4, 0.5) is 0 Å². The van der Waals surface area contributed by atoms with Crippen LogP contribution in [0.2, 0.25) is 0 Å². The van der Waals surface area contributed by atoms with Gasteiger partial charge in [-0.2, -0.15) is 0 Å². The molecule has 1 saturated carbocycles. The highest BCUT2D eigenvalue weighted by Gasteiger charge is 2.25. The van der Waals surface area contributed by atoms with Crippen molar-refractivity contribution >= 4 is 29.0 Å². The summed E-state index contributed by atoms with van der Waals surface area (Å²) in [6.07, 6.45) is 3.59. The Balaban J connectivity index is 2.30. The minimum atomic E-state index is -0.656. The van der Waals surface area contributed by atoms with Gasteiger partial charge in [-0.05, 0) is 25.7 Å². The Bertz CT molecular complexity index is 141. The van der Waals surface area contributed by atoms with Crippen molar-refractivity contribution in [3.63, 3.8) is 0 Å². The van der Waals surface area contributed by atoms with Crippen LogP contribution in [0.1, 0.15) is 25.7 Å². The third kappa shape index (κ3) is 2.59. The fourth-order valence-electron chi connectivity index (χ4n) is 1.40. The van der Waals surface area contributed by atoms with Gasteiger partial charge >= 0.3 is 5.97 Å². The fraction of sp³-hybridized carbons (Fsp3) is 0.857. The summed E-state index contributed by atoms with van der Waals surface area (Å²) in [7, 11) is 0. The van der Waals surface area contributed by atoms with Crippen LogP contribution in [0, 0.1) is 5.92 Å². The zero-order valence-corrected chi connectivity index (χ0v) is 8.28. The monoisotopic (exact) mass is 270 g/mol. The number of hydrogen-bond donors (Lipinski definition) is 1. The van der Waals surface area contributed by atoms with Crippen molar-refractivity contribution < 1.29 is 13.0 Å². The molecule has 1 aliphatic rings. The Morgan fingerprint density at radius 2 is 1.91 bits per heavy atom. The van der Waals surface area contributed by atoms with Gasteiger partial charge in [0.25, 0.3) is 0 Å². The molecule has 1 fully saturated rings. The normalized spacial score (nSPS) is 31.7. The van der Waals surface area contributed by atoms with Crippen LogP contribution in [0.5, 0.6) is 0 Å². The number of halogens is 1. The Hall–Kier alpha value is 0.160. The first-order chi connectivity index (χ1) is 5.24. The summed E-state index contributed by atoms with van der Waals surface area (Å²) in [6.45, 7) is 0. The molecule has 0 radical (unpaired) electrons. The van der Waals surface area contributed by atoms with E-state index < -0.39 is 5.97 Å². The lowest BCUT2D eigenvalue weighted by Gasteiger charge is -2.23. The quantitative estimate of drug-likeness (QED) is 0.780. The van der Waals surface area contributed by atoms with Gasteiger partial charge < -0.3 is 8.17 Å². The highest BCUT2D eigenvalue weighted by molar-refractivity contribution is 14.1. The molecule has 0 aromatic rings. The molecule has 1 aliphatic carbocycles. The Kier molecular flexibility index (Phi) is 3.58. The number of hydrogen-bond acceptors (Lipinski definition) is 2. The zero-order valence-electron chi connectivity index (χ0n) is 6.12. The van der Waals surface area contributed by atoms with Gasteiger partial charge in [0.1, 0.15) is 23.0 Å². The van der Waals surface area contributed by atoms with E-state index in [-0.39, 0.29) is 12.0 Å². The minimum absolute atomic E-state index is 0.127. The van der Waals surface area contributed by atoms with E-state index in [1.807, 2.05) is 23.0 Å². The van der Waals surface area contributed by atoms with E-state index in [0.29, 0.717) is 0 Å². The van der Waals surface area contributed by atoms with Crippen molar-refractivity contribution in [2.45, 2.75) is 31.8 Å². The molecule has 0 aliphatic heterocycles. The molecular formula is C7H11IO3. The summed E-state index contributed by atoms with van der Waals surface area (Å²) in [5, 5.41) is 8.65. The van der Waals surface area contributed by atoms with E-state index in [0.717, 1.165) is 25.7 Å². The van der Waals surface area contributed by atoms with E-state index in [2.05, 4.69) is 0 Å². The molecule has 11 heavy (non-hydrogen) atoms. The fourth-order valence-corrected chi connectivity index (χ4v) is 1.91. The molecule has 0 aromatic heterocycles. The Labute approximate surface area is 79.8 Å². The third-order valence-corrected chi connectivity index (χ3v) is 2.87. The van der Waals surface area contributed by atoms with Gasteiger partial charge in [0.05, 0.1) is 12.0 Å². The van der Waals surface area contributed by atoms with Crippen molar-refractivity contribution in [1.82, 2.24) is 0 Å². The van der Waals surface area contributed by atoms with Crippen molar-refractivity contribution in [3.05, 3.63) is 0 Å². The molecule has 0 amide bonds. The van der Waals surface area contributed by atoms with E-state index in [9.17, 15) is 4.79 Å². The predicted molar refractivity (Wildman–Crippen MR) is 48.5 cm³/mol. The third-order valence-electron chi connectivity index (χ3n) is 2.15.